The van der Waals surface area contributed by atoms with Crippen LogP contribution < -0.4 is 5.43 Å². The fourth-order valence-electron chi connectivity index (χ4n) is 1.78. The highest BCUT2D eigenvalue weighted by Crippen LogP contribution is 2.31. The molecule has 0 aromatic heterocycles. The molecule has 4 nitrogen and oxygen atoms in total. The summed E-state index contributed by atoms with van der Waals surface area (Å²) in [5, 5.41) is 1.87. The number of rotatable bonds is 2. The zero-order valence-corrected chi connectivity index (χ0v) is 11.0. The summed E-state index contributed by atoms with van der Waals surface area (Å²) in [6.45, 7) is 1.32. The minimum absolute atomic E-state index is 0.320. The Morgan fingerprint density at radius 2 is 1.75 bits per heavy atom. The van der Waals surface area contributed by atoms with E-state index in [1.54, 1.807) is 0 Å². The highest BCUT2D eigenvalue weighted by molar-refractivity contribution is 7.92. The molecule has 0 amide bonds. The van der Waals surface area contributed by atoms with E-state index in [9.17, 15) is 26.0 Å². The molecule has 9 heteroatoms. The molecular formula is C11H10F4N2O2S. The number of nitrogens with one attached hydrogen (secondary N) is 1. The first kappa shape index (κ1) is 14.8. The van der Waals surface area contributed by atoms with Crippen molar-refractivity contribution in [3.8, 4) is 0 Å². The second-order valence-electron chi connectivity index (χ2n) is 4.34. The molecular weight excluding hydrogens is 300 g/mol. The Morgan fingerprint density at radius 1 is 1.20 bits per heavy atom. The van der Waals surface area contributed by atoms with E-state index >= 15 is 0 Å². The van der Waals surface area contributed by atoms with Gasteiger partial charge in [0, 0.05) is 0 Å². The van der Waals surface area contributed by atoms with Gasteiger partial charge in [-0.1, -0.05) is 6.92 Å². The highest BCUT2D eigenvalue weighted by Gasteiger charge is 2.39. The van der Waals surface area contributed by atoms with Crippen LogP contribution in [0.5, 0.6) is 0 Å². The third-order valence-electron chi connectivity index (χ3n) is 2.97. The number of benzene rings is 1. The van der Waals surface area contributed by atoms with Crippen LogP contribution in [0.4, 0.5) is 17.6 Å². The Kier molecular flexibility index (Phi) is 3.49. The van der Waals surface area contributed by atoms with Gasteiger partial charge in [-0.15, -0.1) is 0 Å². The topological polar surface area (TPSA) is 58.5 Å². The average Bonchev–Trinajstić information content (AvgIpc) is 2.69. The maximum absolute atomic E-state index is 13.1. The molecule has 1 aromatic carbocycles. The van der Waals surface area contributed by atoms with Crippen LogP contribution in [0, 0.1) is 5.92 Å². The van der Waals surface area contributed by atoms with Crippen LogP contribution in [0.2, 0.25) is 0 Å². The van der Waals surface area contributed by atoms with Gasteiger partial charge in [0.05, 0.1) is 16.4 Å². The number of hydrogen-bond acceptors (Lipinski definition) is 4. The van der Waals surface area contributed by atoms with Gasteiger partial charge in [-0.25, -0.2) is 8.42 Å². The van der Waals surface area contributed by atoms with Crippen LogP contribution in [0.15, 0.2) is 34.3 Å². The molecule has 0 fully saturated rings. The van der Waals surface area contributed by atoms with Crippen molar-refractivity contribution in [2.45, 2.75) is 23.4 Å². The van der Waals surface area contributed by atoms with Crippen molar-refractivity contribution in [3.05, 3.63) is 29.8 Å². The minimum Gasteiger partial charge on any atom is -0.288 e. The van der Waals surface area contributed by atoms with E-state index in [2.05, 4.69) is 10.5 Å². The summed E-state index contributed by atoms with van der Waals surface area (Å²) in [6.07, 6.45) is -4.55. The molecule has 1 aromatic rings. The van der Waals surface area contributed by atoms with E-state index in [1.807, 2.05) is 0 Å². The number of sulfone groups is 1. The molecule has 2 unspecified atom stereocenters. The van der Waals surface area contributed by atoms with Gasteiger partial charge in [0.15, 0.2) is 5.37 Å². The largest absolute Gasteiger partial charge is 0.416 e. The van der Waals surface area contributed by atoms with Crippen molar-refractivity contribution in [1.29, 1.82) is 0 Å². The molecule has 1 aliphatic heterocycles. The predicted octanol–water partition coefficient (Wildman–Crippen LogP) is 2.33. The third-order valence-corrected chi connectivity index (χ3v) is 5.08. The van der Waals surface area contributed by atoms with Gasteiger partial charge >= 0.3 is 6.18 Å². The van der Waals surface area contributed by atoms with E-state index in [0.29, 0.717) is 12.1 Å². The van der Waals surface area contributed by atoms with E-state index in [1.165, 1.54) is 6.92 Å². The smallest absolute Gasteiger partial charge is 0.288 e. The fraction of sp³-hybridized carbons (Fsp3) is 0.364. The molecule has 2 rings (SSSR count). The molecule has 110 valence electrons. The summed E-state index contributed by atoms with van der Waals surface area (Å²) >= 11 is 0. The Hall–Kier alpha value is -1.64. The minimum atomic E-state index is -4.55. The third kappa shape index (κ3) is 2.49. The lowest BCUT2D eigenvalue weighted by Gasteiger charge is -2.16. The first-order valence-corrected chi connectivity index (χ1v) is 7.08. The quantitative estimate of drug-likeness (QED) is 0.853. The summed E-state index contributed by atoms with van der Waals surface area (Å²) in [6, 6.07) is 3.04. The Balaban J connectivity index is 2.32. The molecule has 1 heterocycles. The summed E-state index contributed by atoms with van der Waals surface area (Å²) in [7, 11) is -4.02. The van der Waals surface area contributed by atoms with Crippen LogP contribution in [-0.2, 0) is 16.0 Å². The number of nitrogens with zero attached hydrogens (tertiary/aromatic N) is 1. The Bertz CT molecular complexity index is 637. The maximum atomic E-state index is 13.1. The van der Waals surface area contributed by atoms with Crippen molar-refractivity contribution < 1.29 is 26.0 Å². The first-order chi connectivity index (χ1) is 9.14. The monoisotopic (exact) mass is 310 g/mol. The van der Waals surface area contributed by atoms with Gasteiger partial charge in [-0.3, -0.25) is 5.43 Å². The summed E-state index contributed by atoms with van der Waals surface area (Å²) in [5.41, 5.74) is 1.19. The Labute approximate surface area is 112 Å². The maximum Gasteiger partial charge on any atom is 0.416 e. The van der Waals surface area contributed by atoms with Gasteiger partial charge < -0.3 is 0 Å². The zero-order chi connectivity index (χ0) is 15.1. The molecule has 2 atom stereocenters. The molecule has 20 heavy (non-hydrogen) atoms. The SMILES string of the molecule is CC1C(F)=NNC1S(=O)(=O)c1ccc(C(F)(F)F)cc1. The van der Waals surface area contributed by atoms with E-state index < -0.39 is 38.8 Å². The van der Waals surface area contributed by atoms with Crippen molar-refractivity contribution in [3.63, 3.8) is 0 Å². The van der Waals surface area contributed by atoms with Crippen LogP contribution in [-0.4, -0.2) is 19.8 Å². The number of alkyl halides is 3. The van der Waals surface area contributed by atoms with Gasteiger partial charge in [-0.05, 0) is 24.3 Å². The van der Waals surface area contributed by atoms with Gasteiger partial charge in [0.2, 0.25) is 15.8 Å². The normalized spacial score (nSPS) is 23.4. The van der Waals surface area contributed by atoms with Gasteiger partial charge in [0.25, 0.3) is 0 Å². The van der Waals surface area contributed by atoms with Crippen LogP contribution >= 0.6 is 0 Å². The van der Waals surface area contributed by atoms with E-state index in [4.69, 9.17) is 0 Å². The standard InChI is InChI=1S/C11H10F4N2O2S/c1-6-9(12)16-17-10(6)20(18,19)8-4-2-7(3-5-8)11(13,14)15/h2-6,10,17H,1H3. The number of hydrogen-bond donors (Lipinski definition) is 1. The molecule has 0 saturated carbocycles. The van der Waals surface area contributed by atoms with E-state index in [-0.39, 0.29) is 4.90 Å². The molecule has 0 bridgehead atoms. The second-order valence-corrected chi connectivity index (χ2v) is 6.41. The zero-order valence-electron chi connectivity index (χ0n) is 10.1. The van der Waals surface area contributed by atoms with Crippen LogP contribution in [0.3, 0.4) is 0 Å². The average molecular weight is 310 g/mol. The molecule has 1 aliphatic rings. The Morgan fingerprint density at radius 3 is 2.15 bits per heavy atom. The first-order valence-electron chi connectivity index (χ1n) is 5.54. The van der Waals surface area contributed by atoms with Gasteiger partial charge in [-0.2, -0.15) is 22.7 Å². The molecule has 0 saturated heterocycles. The van der Waals surface area contributed by atoms with Crippen molar-refractivity contribution >= 4 is 15.8 Å². The van der Waals surface area contributed by atoms with Crippen LogP contribution in [0.25, 0.3) is 0 Å². The van der Waals surface area contributed by atoms with Crippen molar-refractivity contribution in [2.24, 2.45) is 11.0 Å². The summed E-state index contributed by atoms with van der Waals surface area (Å²) < 4.78 is 74.6. The lowest BCUT2D eigenvalue weighted by atomic mass is 10.2. The lowest BCUT2D eigenvalue weighted by molar-refractivity contribution is -0.137. The summed E-state index contributed by atoms with van der Waals surface area (Å²) in [5.74, 6) is -1.85. The molecule has 0 spiro atoms. The number of halogens is 4. The lowest BCUT2D eigenvalue weighted by Crippen LogP contribution is -2.35. The second kappa shape index (κ2) is 4.72. The molecule has 0 aliphatic carbocycles. The van der Waals surface area contributed by atoms with Crippen LogP contribution in [0.1, 0.15) is 12.5 Å². The predicted molar refractivity (Wildman–Crippen MR) is 63.3 cm³/mol. The van der Waals surface area contributed by atoms with Crippen molar-refractivity contribution in [2.75, 3.05) is 0 Å². The van der Waals surface area contributed by atoms with E-state index in [0.717, 1.165) is 12.1 Å². The summed E-state index contributed by atoms with van der Waals surface area (Å²) in [4.78, 5) is -0.320. The molecule has 1 N–H and O–H groups in total. The molecule has 0 radical (unpaired) electrons. The number of hydrazone groups is 1. The highest BCUT2D eigenvalue weighted by atomic mass is 32.2. The van der Waals surface area contributed by atoms with Gasteiger partial charge in [0.1, 0.15) is 0 Å². The fourth-order valence-corrected chi connectivity index (χ4v) is 3.43. The van der Waals surface area contributed by atoms with Crippen molar-refractivity contribution in [1.82, 2.24) is 5.43 Å².